The van der Waals surface area contributed by atoms with Crippen LogP contribution in [-0.4, -0.2) is 24.4 Å². The standard InChI is InChI=1S/C12H18O4/c1-7-11(14)5-9(8(2)13)10(6-15-3)12(7)16-4/h5,8,13-14H,6H2,1-4H3/t8-/m1/s1. The van der Waals surface area contributed by atoms with E-state index in [1.165, 1.54) is 7.11 Å². The predicted molar refractivity (Wildman–Crippen MR) is 60.7 cm³/mol. The number of aliphatic hydroxyl groups excluding tert-OH is 1. The first-order valence-corrected chi connectivity index (χ1v) is 5.09. The highest BCUT2D eigenvalue weighted by atomic mass is 16.5. The van der Waals surface area contributed by atoms with Crippen molar-refractivity contribution in [2.75, 3.05) is 14.2 Å². The molecule has 0 aromatic heterocycles. The fraction of sp³-hybridized carbons (Fsp3) is 0.500. The molecule has 0 amide bonds. The number of rotatable bonds is 4. The summed E-state index contributed by atoms with van der Waals surface area (Å²) in [4.78, 5) is 0. The Morgan fingerprint density at radius 3 is 2.44 bits per heavy atom. The van der Waals surface area contributed by atoms with Crippen LogP contribution in [0, 0.1) is 6.92 Å². The first kappa shape index (κ1) is 12.8. The zero-order valence-electron chi connectivity index (χ0n) is 10.1. The Hall–Kier alpha value is -1.26. The minimum Gasteiger partial charge on any atom is -0.508 e. The van der Waals surface area contributed by atoms with Gasteiger partial charge in [0, 0.05) is 18.2 Å². The number of benzene rings is 1. The highest BCUT2D eigenvalue weighted by Gasteiger charge is 2.18. The maximum atomic E-state index is 9.72. The predicted octanol–water partition coefficient (Wildman–Crippen LogP) is 1.91. The molecular formula is C12H18O4. The van der Waals surface area contributed by atoms with Crippen LogP contribution in [0.2, 0.25) is 0 Å². The van der Waals surface area contributed by atoms with E-state index < -0.39 is 6.10 Å². The molecule has 0 unspecified atom stereocenters. The molecule has 0 aliphatic heterocycles. The van der Waals surface area contributed by atoms with Crippen LogP contribution < -0.4 is 4.74 Å². The minimum absolute atomic E-state index is 0.118. The van der Waals surface area contributed by atoms with Gasteiger partial charge in [-0.25, -0.2) is 0 Å². The molecule has 1 atom stereocenters. The van der Waals surface area contributed by atoms with E-state index >= 15 is 0 Å². The fourth-order valence-electron chi connectivity index (χ4n) is 1.76. The summed E-state index contributed by atoms with van der Waals surface area (Å²) in [6.07, 6.45) is -0.675. The third kappa shape index (κ3) is 2.28. The Bertz CT molecular complexity index is 372. The molecule has 90 valence electrons. The van der Waals surface area contributed by atoms with E-state index in [1.807, 2.05) is 0 Å². The first-order valence-electron chi connectivity index (χ1n) is 5.09. The van der Waals surface area contributed by atoms with Crippen LogP contribution in [0.25, 0.3) is 0 Å². The lowest BCUT2D eigenvalue weighted by atomic mass is 9.98. The largest absolute Gasteiger partial charge is 0.508 e. The molecule has 0 saturated carbocycles. The second-order valence-electron chi connectivity index (χ2n) is 3.73. The molecule has 0 fully saturated rings. The average Bonchev–Trinajstić information content (AvgIpc) is 2.23. The second-order valence-corrected chi connectivity index (χ2v) is 3.73. The molecule has 1 aromatic carbocycles. The lowest BCUT2D eigenvalue weighted by Crippen LogP contribution is -2.04. The smallest absolute Gasteiger partial charge is 0.131 e. The van der Waals surface area contributed by atoms with Gasteiger partial charge in [0.05, 0.1) is 19.8 Å². The van der Waals surface area contributed by atoms with Crippen molar-refractivity contribution < 1.29 is 19.7 Å². The summed E-state index contributed by atoms with van der Waals surface area (Å²) in [5.74, 6) is 0.686. The fourth-order valence-corrected chi connectivity index (χ4v) is 1.76. The van der Waals surface area contributed by atoms with Gasteiger partial charge in [0.15, 0.2) is 0 Å². The third-order valence-corrected chi connectivity index (χ3v) is 2.58. The van der Waals surface area contributed by atoms with Crippen LogP contribution >= 0.6 is 0 Å². The molecule has 0 heterocycles. The monoisotopic (exact) mass is 226 g/mol. The van der Waals surface area contributed by atoms with E-state index in [0.29, 0.717) is 23.5 Å². The summed E-state index contributed by atoms with van der Waals surface area (Å²) in [5.41, 5.74) is 2.05. The van der Waals surface area contributed by atoms with Gasteiger partial charge in [0.1, 0.15) is 11.5 Å². The number of phenolic OH excluding ortho intramolecular Hbond substituents is 1. The topological polar surface area (TPSA) is 58.9 Å². The molecule has 0 spiro atoms. The van der Waals surface area contributed by atoms with Crippen LogP contribution in [0.5, 0.6) is 11.5 Å². The highest BCUT2D eigenvalue weighted by Crippen LogP contribution is 2.36. The van der Waals surface area contributed by atoms with Crippen molar-refractivity contribution in [3.63, 3.8) is 0 Å². The number of hydrogen-bond acceptors (Lipinski definition) is 4. The number of ether oxygens (including phenoxy) is 2. The van der Waals surface area contributed by atoms with E-state index in [1.54, 1.807) is 27.0 Å². The van der Waals surface area contributed by atoms with Gasteiger partial charge >= 0.3 is 0 Å². The van der Waals surface area contributed by atoms with Gasteiger partial charge in [-0.3, -0.25) is 0 Å². The van der Waals surface area contributed by atoms with E-state index in [9.17, 15) is 10.2 Å². The maximum absolute atomic E-state index is 9.72. The van der Waals surface area contributed by atoms with Crippen LogP contribution in [0.4, 0.5) is 0 Å². The summed E-state index contributed by atoms with van der Waals surface area (Å²) in [6.45, 7) is 3.74. The molecule has 1 aromatic rings. The van der Waals surface area contributed by atoms with Crippen molar-refractivity contribution in [3.8, 4) is 11.5 Å². The number of phenols is 1. The molecule has 0 radical (unpaired) electrons. The van der Waals surface area contributed by atoms with E-state index in [-0.39, 0.29) is 5.75 Å². The summed E-state index contributed by atoms with van der Waals surface area (Å²) in [7, 11) is 3.11. The zero-order valence-corrected chi connectivity index (χ0v) is 10.1. The average molecular weight is 226 g/mol. The summed E-state index contributed by atoms with van der Waals surface area (Å²) < 4.78 is 10.3. The number of aliphatic hydroxyl groups is 1. The Labute approximate surface area is 95.4 Å². The molecule has 4 heteroatoms. The van der Waals surface area contributed by atoms with Crippen molar-refractivity contribution in [1.29, 1.82) is 0 Å². The second kappa shape index (κ2) is 5.18. The first-order chi connectivity index (χ1) is 7.52. The molecule has 16 heavy (non-hydrogen) atoms. The number of methoxy groups -OCH3 is 2. The molecule has 0 saturated heterocycles. The Morgan fingerprint density at radius 2 is 2.00 bits per heavy atom. The van der Waals surface area contributed by atoms with Crippen LogP contribution in [0.15, 0.2) is 6.07 Å². The molecule has 1 rings (SSSR count). The van der Waals surface area contributed by atoms with Gasteiger partial charge < -0.3 is 19.7 Å². The number of aromatic hydroxyl groups is 1. The van der Waals surface area contributed by atoms with Gasteiger partial charge in [0.25, 0.3) is 0 Å². The van der Waals surface area contributed by atoms with Gasteiger partial charge in [-0.1, -0.05) is 0 Å². The maximum Gasteiger partial charge on any atom is 0.131 e. The quantitative estimate of drug-likeness (QED) is 0.823. The van der Waals surface area contributed by atoms with Crippen molar-refractivity contribution in [1.82, 2.24) is 0 Å². The van der Waals surface area contributed by atoms with Crippen molar-refractivity contribution in [2.45, 2.75) is 26.6 Å². The van der Waals surface area contributed by atoms with Gasteiger partial charge in [-0.2, -0.15) is 0 Å². The van der Waals surface area contributed by atoms with Gasteiger partial charge in [-0.05, 0) is 25.5 Å². The molecule has 0 bridgehead atoms. The van der Waals surface area contributed by atoms with Crippen LogP contribution in [0.1, 0.15) is 29.7 Å². The molecule has 4 nitrogen and oxygen atoms in total. The number of hydrogen-bond donors (Lipinski definition) is 2. The van der Waals surface area contributed by atoms with Crippen molar-refractivity contribution >= 4 is 0 Å². The lowest BCUT2D eigenvalue weighted by Gasteiger charge is -2.18. The molecule has 0 aliphatic rings. The molecular weight excluding hydrogens is 208 g/mol. The van der Waals surface area contributed by atoms with Crippen LogP contribution in [0.3, 0.4) is 0 Å². The third-order valence-electron chi connectivity index (χ3n) is 2.58. The van der Waals surface area contributed by atoms with Crippen molar-refractivity contribution in [3.05, 3.63) is 22.8 Å². The zero-order chi connectivity index (χ0) is 12.3. The molecule has 0 aliphatic carbocycles. The van der Waals surface area contributed by atoms with E-state index in [0.717, 1.165) is 5.56 Å². The summed E-state index contributed by atoms with van der Waals surface area (Å²) in [5, 5.41) is 19.4. The van der Waals surface area contributed by atoms with E-state index in [4.69, 9.17) is 9.47 Å². The van der Waals surface area contributed by atoms with Crippen LogP contribution in [-0.2, 0) is 11.3 Å². The summed E-state index contributed by atoms with van der Waals surface area (Å²) >= 11 is 0. The van der Waals surface area contributed by atoms with Gasteiger partial charge in [0.2, 0.25) is 0 Å². The molecule has 2 N–H and O–H groups in total. The highest BCUT2D eigenvalue weighted by molar-refractivity contribution is 5.53. The van der Waals surface area contributed by atoms with Crippen molar-refractivity contribution in [2.24, 2.45) is 0 Å². The van der Waals surface area contributed by atoms with Gasteiger partial charge in [-0.15, -0.1) is 0 Å². The Balaban J connectivity index is 3.42. The lowest BCUT2D eigenvalue weighted by molar-refractivity contribution is 0.167. The SMILES string of the molecule is COCc1c([C@@H](C)O)cc(O)c(C)c1OC. The summed E-state index contributed by atoms with van der Waals surface area (Å²) in [6, 6.07) is 1.55. The normalized spacial score (nSPS) is 12.6. The Kier molecular flexibility index (Phi) is 4.15. The Morgan fingerprint density at radius 1 is 1.38 bits per heavy atom. The van der Waals surface area contributed by atoms with E-state index in [2.05, 4.69) is 0 Å². The minimum atomic E-state index is -0.675.